The zero-order valence-corrected chi connectivity index (χ0v) is 23.4. The summed E-state index contributed by atoms with van der Waals surface area (Å²) < 4.78 is 41.5. The number of piperidine rings is 1. The molecule has 2 aromatic heterocycles. The molecule has 5 rings (SSSR count). The Kier molecular flexibility index (Phi) is 8.57. The lowest BCUT2D eigenvalue weighted by molar-refractivity contribution is -0.117. The highest BCUT2D eigenvalue weighted by Crippen LogP contribution is 2.43. The van der Waals surface area contributed by atoms with Gasteiger partial charge in [-0.2, -0.15) is 0 Å². The molecule has 1 amide bonds. The van der Waals surface area contributed by atoms with E-state index in [9.17, 15) is 14.3 Å². The fraction of sp³-hybridized carbons (Fsp3) is 0.357. The van der Waals surface area contributed by atoms with Crippen molar-refractivity contribution >= 4 is 44.8 Å². The van der Waals surface area contributed by atoms with E-state index in [-0.39, 0.29) is 35.9 Å². The second kappa shape index (κ2) is 12.3. The Balaban J connectivity index is 1.56. The predicted octanol–water partition coefficient (Wildman–Crippen LogP) is 4.30. The Bertz CT molecular complexity index is 1550. The minimum atomic E-state index is -1.09. The Morgan fingerprint density at radius 2 is 2.00 bits per heavy atom. The average molecular weight is 585 g/mol. The van der Waals surface area contributed by atoms with E-state index >= 15 is 4.39 Å². The molecule has 41 heavy (non-hydrogen) atoms. The van der Waals surface area contributed by atoms with Crippen molar-refractivity contribution in [1.29, 1.82) is 0 Å². The molecule has 1 aliphatic rings. The van der Waals surface area contributed by atoms with E-state index in [4.69, 9.17) is 15.2 Å². The third kappa shape index (κ3) is 6.06. The number of hydrogen-bond acceptors (Lipinski definition) is 10. The van der Waals surface area contributed by atoms with Crippen molar-refractivity contribution in [2.45, 2.75) is 32.4 Å². The van der Waals surface area contributed by atoms with E-state index in [1.54, 1.807) is 12.1 Å². The minimum absolute atomic E-state index is 0.0496. The van der Waals surface area contributed by atoms with E-state index in [1.165, 1.54) is 36.7 Å². The van der Waals surface area contributed by atoms with Gasteiger partial charge >= 0.3 is 0 Å². The molecule has 2 aromatic carbocycles. The summed E-state index contributed by atoms with van der Waals surface area (Å²) in [4.78, 5) is 28.8. The highest BCUT2D eigenvalue weighted by atomic mass is 32.1. The lowest BCUT2D eigenvalue weighted by Crippen LogP contribution is -2.43. The van der Waals surface area contributed by atoms with Gasteiger partial charge in [0.2, 0.25) is 5.91 Å². The molecule has 3 N–H and O–H groups in total. The van der Waals surface area contributed by atoms with Crippen molar-refractivity contribution in [3.63, 3.8) is 0 Å². The Morgan fingerprint density at radius 1 is 1.22 bits per heavy atom. The van der Waals surface area contributed by atoms with Gasteiger partial charge in [0.25, 0.3) is 0 Å². The maximum atomic E-state index is 15.2. The van der Waals surface area contributed by atoms with Crippen molar-refractivity contribution in [2.75, 3.05) is 31.7 Å². The number of anilines is 3. The molecule has 1 aliphatic heterocycles. The standard InChI is InChI=1S/C28H30F2N6O4S/c1-16(35-8-6-17(14-37)7-9-35)40-24-12-21-19(11-23(24)39-2)27(34-15-33-21)36(22-5-3-4-20(29)26(22)30)28-32-13-18(41-28)10-25(31)38/h3-5,11-13,15-17,37H,6-10,14H2,1-2H3,(H2,31,38). The predicted molar refractivity (Wildman–Crippen MR) is 151 cm³/mol. The van der Waals surface area contributed by atoms with Crippen LogP contribution in [0.5, 0.6) is 11.5 Å². The number of fused-ring (bicyclic) bond motifs is 1. The molecule has 0 radical (unpaired) electrons. The Labute approximate surface area is 239 Å². The summed E-state index contributed by atoms with van der Waals surface area (Å²) in [6.07, 6.45) is 4.25. The number of aliphatic hydroxyl groups is 1. The number of likely N-dealkylation sites (tertiary alicyclic amines) is 1. The highest BCUT2D eigenvalue weighted by molar-refractivity contribution is 7.15. The van der Waals surface area contributed by atoms with E-state index in [0.29, 0.717) is 33.2 Å². The number of halogens is 2. The number of aliphatic hydroxyl groups excluding tert-OH is 1. The molecule has 4 aromatic rings. The number of carbonyl (C=O) groups excluding carboxylic acids is 1. The summed E-state index contributed by atoms with van der Waals surface area (Å²) in [6, 6.07) is 7.23. The van der Waals surface area contributed by atoms with Crippen molar-refractivity contribution in [2.24, 2.45) is 11.7 Å². The van der Waals surface area contributed by atoms with Crippen LogP contribution in [0.2, 0.25) is 0 Å². The van der Waals surface area contributed by atoms with Crippen LogP contribution in [0, 0.1) is 17.6 Å². The van der Waals surface area contributed by atoms with Crippen LogP contribution in [0.1, 0.15) is 24.6 Å². The minimum Gasteiger partial charge on any atom is -0.493 e. The monoisotopic (exact) mass is 584 g/mol. The van der Waals surface area contributed by atoms with Crippen LogP contribution in [0.3, 0.4) is 0 Å². The van der Waals surface area contributed by atoms with Crippen LogP contribution in [0.4, 0.5) is 25.4 Å². The maximum absolute atomic E-state index is 15.2. The maximum Gasteiger partial charge on any atom is 0.222 e. The number of rotatable bonds is 10. The zero-order valence-electron chi connectivity index (χ0n) is 22.6. The fourth-order valence-corrected chi connectivity index (χ4v) is 5.80. The van der Waals surface area contributed by atoms with E-state index in [1.807, 2.05) is 6.92 Å². The molecular weight excluding hydrogens is 554 g/mol. The summed E-state index contributed by atoms with van der Waals surface area (Å²) in [5, 5.41) is 10.2. The lowest BCUT2D eigenvalue weighted by atomic mass is 9.98. The van der Waals surface area contributed by atoms with Gasteiger partial charge in [0.05, 0.1) is 24.7 Å². The number of methoxy groups -OCH3 is 1. The summed E-state index contributed by atoms with van der Waals surface area (Å²) in [5.74, 6) is -1.27. The Hall–Kier alpha value is -3.94. The first-order chi connectivity index (χ1) is 19.8. The van der Waals surface area contributed by atoms with E-state index < -0.39 is 17.5 Å². The number of carbonyl (C=O) groups is 1. The van der Waals surface area contributed by atoms with Gasteiger partial charge in [-0.25, -0.2) is 23.7 Å². The number of nitrogens with zero attached hydrogens (tertiary/aromatic N) is 5. The first-order valence-corrected chi connectivity index (χ1v) is 13.9. The van der Waals surface area contributed by atoms with Crippen LogP contribution < -0.4 is 20.1 Å². The van der Waals surface area contributed by atoms with Gasteiger partial charge < -0.3 is 20.3 Å². The highest BCUT2D eigenvalue weighted by Gasteiger charge is 2.27. The van der Waals surface area contributed by atoms with Crippen molar-refractivity contribution in [1.82, 2.24) is 19.9 Å². The van der Waals surface area contributed by atoms with Gasteiger partial charge in [0.1, 0.15) is 12.6 Å². The number of primary amides is 1. The molecule has 0 bridgehead atoms. The lowest BCUT2D eigenvalue weighted by Gasteiger charge is -2.35. The van der Waals surface area contributed by atoms with Crippen molar-refractivity contribution < 1.29 is 28.2 Å². The summed E-state index contributed by atoms with van der Waals surface area (Å²) in [5.41, 5.74) is 5.71. The van der Waals surface area contributed by atoms with Gasteiger partial charge in [-0.15, -0.1) is 11.3 Å². The quantitative estimate of drug-likeness (QED) is 0.281. The van der Waals surface area contributed by atoms with Gasteiger partial charge in [-0.05, 0) is 43.9 Å². The second-order valence-electron chi connectivity index (χ2n) is 9.76. The second-order valence-corrected chi connectivity index (χ2v) is 10.9. The molecule has 13 heteroatoms. The summed E-state index contributed by atoms with van der Waals surface area (Å²) in [6.45, 7) is 3.74. The number of nitrogens with two attached hydrogens (primary N) is 1. The number of hydrogen-bond donors (Lipinski definition) is 2. The molecule has 1 unspecified atom stereocenters. The van der Waals surface area contributed by atoms with Gasteiger partial charge in [0.15, 0.2) is 34.1 Å². The first kappa shape index (κ1) is 28.6. The largest absolute Gasteiger partial charge is 0.493 e. The number of thiazole rings is 1. The van der Waals surface area contributed by atoms with Gasteiger partial charge in [0, 0.05) is 42.2 Å². The smallest absolute Gasteiger partial charge is 0.222 e. The molecule has 0 saturated carbocycles. The van der Waals surface area contributed by atoms with Crippen molar-refractivity contribution in [3.8, 4) is 11.5 Å². The number of aromatic nitrogens is 3. The van der Waals surface area contributed by atoms with Crippen LogP contribution in [-0.4, -0.2) is 63.9 Å². The van der Waals surface area contributed by atoms with E-state index in [2.05, 4.69) is 19.9 Å². The number of amides is 1. The molecule has 0 aliphatic carbocycles. The van der Waals surface area contributed by atoms with Crippen LogP contribution in [-0.2, 0) is 11.2 Å². The molecule has 1 fully saturated rings. The normalized spacial score (nSPS) is 15.1. The molecule has 10 nitrogen and oxygen atoms in total. The Morgan fingerprint density at radius 3 is 2.71 bits per heavy atom. The molecule has 1 saturated heterocycles. The van der Waals surface area contributed by atoms with Crippen LogP contribution >= 0.6 is 11.3 Å². The van der Waals surface area contributed by atoms with Gasteiger partial charge in [-0.1, -0.05) is 6.07 Å². The topological polar surface area (TPSA) is 127 Å². The zero-order chi connectivity index (χ0) is 29.1. The third-order valence-corrected chi connectivity index (χ3v) is 8.07. The van der Waals surface area contributed by atoms with E-state index in [0.717, 1.165) is 43.3 Å². The van der Waals surface area contributed by atoms with Crippen LogP contribution in [0.25, 0.3) is 10.9 Å². The third-order valence-electron chi connectivity index (χ3n) is 7.08. The average Bonchev–Trinajstić information content (AvgIpc) is 3.42. The van der Waals surface area contributed by atoms with Crippen molar-refractivity contribution in [3.05, 3.63) is 59.4 Å². The first-order valence-electron chi connectivity index (χ1n) is 13.1. The summed E-state index contributed by atoms with van der Waals surface area (Å²) >= 11 is 1.11. The van der Waals surface area contributed by atoms with Gasteiger partial charge in [-0.3, -0.25) is 14.6 Å². The summed E-state index contributed by atoms with van der Waals surface area (Å²) in [7, 11) is 1.51. The number of ether oxygens (including phenoxy) is 2. The SMILES string of the molecule is COc1cc2c(N(c3ncc(CC(N)=O)s3)c3cccc(F)c3F)ncnc2cc1OC(C)N1CCC(CO)CC1. The number of benzene rings is 2. The molecule has 1 atom stereocenters. The molecular formula is C28H30F2N6O4S. The molecule has 216 valence electrons. The molecule has 3 heterocycles. The fourth-order valence-electron chi connectivity index (χ4n) is 4.86. The molecule has 0 spiro atoms. The van der Waals surface area contributed by atoms with Crippen LogP contribution in [0.15, 0.2) is 42.9 Å².